The van der Waals surface area contributed by atoms with Crippen molar-refractivity contribution >= 4 is 40.7 Å². The van der Waals surface area contributed by atoms with E-state index in [9.17, 15) is 14.4 Å². The molecule has 0 atom stereocenters. The molecule has 0 aliphatic rings. The van der Waals surface area contributed by atoms with Gasteiger partial charge in [-0.2, -0.15) is 0 Å². The highest BCUT2D eigenvalue weighted by Crippen LogP contribution is 2.23. The van der Waals surface area contributed by atoms with Crippen LogP contribution in [0.1, 0.15) is 27.6 Å². The Balaban J connectivity index is 1.54. The van der Waals surface area contributed by atoms with E-state index in [1.807, 2.05) is 18.2 Å². The van der Waals surface area contributed by atoms with Crippen LogP contribution in [0.15, 0.2) is 77.7 Å². The summed E-state index contributed by atoms with van der Waals surface area (Å²) in [6, 6.07) is 20.9. The van der Waals surface area contributed by atoms with E-state index in [0.29, 0.717) is 28.3 Å². The summed E-state index contributed by atoms with van der Waals surface area (Å²) in [6.45, 7) is 1.50. The monoisotopic (exact) mass is 434 g/mol. The van der Waals surface area contributed by atoms with Gasteiger partial charge in [0.2, 0.25) is 5.91 Å². The number of ether oxygens (including phenoxy) is 1. The third-order valence-corrected chi connectivity index (χ3v) is 5.38. The smallest absolute Gasteiger partial charge is 0.255 e. The third kappa shape index (κ3) is 6.45. The van der Waals surface area contributed by atoms with Crippen molar-refractivity contribution in [3.8, 4) is 5.75 Å². The zero-order chi connectivity index (χ0) is 22.2. The first-order valence-electron chi connectivity index (χ1n) is 9.54. The van der Waals surface area contributed by atoms with Crippen molar-refractivity contribution in [1.82, 2.24) is 0 Å². The second-order valence-electron chi connectivity index (χ2n) is 6.68. The summed E-state index contributed by atoms with van der Waals surface area (Å²) in [5, 5.41) is 5.66. The Morgan fingerprint density at radius 3 is 2.16 bits per heavy atom. The van der Waals surface area contributed by atoms with Gasteiger partial charge in [-0.3, -0.25) is 14.4 Å². The number of hydrogen-bond acceptors (Lipinski definition) is 5. The van der Waals surface area contributed by atoms with Gasteiger partial charge in [-0.1, -0.05) is 6.07 Å². The minimum atomic E-state index is -0.225. The maximum absolute atomic E-state index is 12.4. The van der Waals surface area contributed by atoms with Gasteiger partial charge in [0.1, 0.15) is 5.75 Å². The lowest BCUT2D eigenvalue weighted by Crippen LogP contribution is -2.14. The second kappa shape index (κ2) is 10.4. The van der Waals surface area contributed by atoms with Crippen molar-refractivity contribution in [2.75, 3.05) is 23.5 Å². The van der Waals surface area contributed by atoms with Gasteiger partial charge < -0.3 is 15.4 Å². The molecule has 158 valence electrons. The van der Waals surface area contributed by atoms with Gasteiger partial charge in [0.05, 0.1) is 12.9 Å². The highest BCUT2D eigenvalue weighted by Gasteiger charge is 2.08. The Hall–Kier alpha value is -3.58. The number of nitrogens with one attached hydrogen (secondary N) is 2. The molecule has 0 saturated heterocycles. The SMILES string of the molecule is COc1ccc(C(=O)Nc2cccc(SCC(=O)Nc3ccc(C(C)=O)cc3)c2)cc1. The molecule has 0 radical (unpaired) electrons. The molecular weight excluding hydrogens is 412 g/mol. The predicted molar refractivity (Wildman–Crippen MR) is 123 cm³/mol. The van der Waals surface area contributed by atoms with Crippen LogP contribution in [0.3, 0.4) is 0 Å². The third-order valence-electron chi connectivity index (χ3n) is 4.39. The van der Waals surface area contributed by atoms with Crippen molar-refractivity contribution in [3.63, 3.8) is 0 Å². The maximum Gasteiger partial charge on any atom is 0.255 e. The van der Waals surface area contributed by atoms with Crippen LogP contribution in [-0.2, 0) is 4.79 Å². The fourth-order valence-corrected chi connectivity index (χ4v) is 3.50. The minimum absolute atomic E-state index is 0.0209. The van der Waals surface area contributed by atoms with Gasteiger partial charge in [-0.25, -0.2) is 0 Å². The summed E-state index contributed by atoms with van der Waals surface area (Å²) >= 11 is 1.36. The van der Waals surface area contributed by atoms with Gasteiger partial charge in [-0.05, 0) is 73.7 Å². The van der Waals surface area contributed by atoms with E-state index in [-0.39, 0.29) is 23.4 Å². The molecule has 3 aromatic carbocycles. The van der Waals surface area contributed by atoms with Gasteiger partial charge in [0.15, 0.2) is 5.78 Å². The van der Waals surface area contributed by atoms with Gasteiger partial charge >= 0.3 is 0 Å². The van der Waals surface area contributed by atoms with Gasteiger partial charge in [0.25, 0.3) is 5.91 Å². The van der Waals surface area contributed by atoms with E-state index < -0.39 is 0 Å². The molecule has 0 aliphatic heterocycles. The fraction of sp³-hybridized carbons (Fsp3) is 0.125. The van der Waals surface area contributed by atoms with Crippen molar-refractivity contribution in [2.45, 2.75) is 11.8 Å². The fourth-order valence-electron chi connectivity index (χ4n) is 2.74. The number of ketones is 1. The summed E-state index contributed by atoms with van der Waals surface area (Å²) in [5.41, 5.74) is 2.40. The number of benzene rings is 3. The Morgan fingerprint density at radius 2 is 1.52 bits per heavy atom. The number of thioether (sulfide) groups is 1. The lowest BCUT2D eigenvalue weighted by Gasteiger charge is -2.09. The minimum Gasteiger partial charge on any atom is -0.497 e. The number of anilines is 2. The first kappa shape index (κ1) is 22.1. The van der Waals surface area contributed by atoms with Gasteiger partial charge in [-0.15, -0.1) is 11.8 Å². The summed E-state index contributed by atoms with van der Waals surface area (Å²) in [4.78, 5) is 36.8. The lowest BCUT2D eigenvalue weighted by atomic mass is 10.1. The van der Waals surface area contributed by atoms with E-state index in [4.69, 9.17) is 4.74 Å². The normalized spacial score (nSPS) is 10.3. The summed E-state index contributed by atoms with van der Waals surface area (Å²) < 4.78 is 5.10. The molecule has 0 fully saturated rings. The van der Waals surface area contributed by atoms with Crippen LogP contribution < -0.4 is 15.4 Å². The summed E-state index contributed by atoms with van der Waals surface area (Å²) in [7, 11) is 1.57. The average molecular weight is 435 g/mol. The summed E-state index contributed by atoms with van der Waals surface area (Å²) in [5.74, 6) is 0.491. The van der Waals surface area contributed by atoms with Crippen LogP contribution in [-0.4, -0.2) is 30.5 Å². The van der Waals surface area contributed by atoms with Crippen LogP contribution in [0.5, 0.6) is 5.75 Å². The molecule has 0 bridgehead atoms. The Morgan fingerprint density at radius 1 is 0.839 bits per heavy atom. The standard InChI is InChI=1S/C24H22N2O4S/c1-16(27)17-6-10-19(11-7-17)25-23(28)15-31-22-5-3-4-20(14-22)26-24(29)18-8-12-21(30-2)13-9-18/h3-14H,15H2,1-2H3,(H,25,28)(H,26,29). The van der Waals surface area contributed by atoms with Crippen LogP contribution in [0.4, 0.5) is 11.4 Å². The first-order valence-corrected chi connectivity index (χ1v) is 10.5. The number of carbonyl (C=O) groups excluding carboxylic acids is 3. The number of methoxy groups -OCH3 is 1. The highest BCUT2D eigenvalue weighted by molar-refractivity contribution is 8.00. The largest absolute Gasteiger partial charge is 0.497 e. The number of rotatable bonds is 8. The molecule has 7 heteroatoms. The molecular formula is C24H22N2O4S. The Labute approximate surface area is 185 Å². The Bertz CT molecular complexity index is 1080. The van der Waals surface area contributed by atoms with E-state index >= 15 is 0 Å². The number of carbonyl (C=O) groups is 3. The topological polar surface area (TPSA) is 84.5 Å². The zero-order valence-corrected chi connectivity index (χ0v) is 18.0. The van der Waals surface area contributed by atoms with Crippen LogP contribution in [0.25, 0.3) is 0 Å². The zero-order valence-electron chi connectivity index (χ0n) is 17.2. The molecule has 2 N–H and O–H groups in total. The quantitative estimate of drug-likeness (QED) is 0.390. The first-order chi connectivity index (χ1) is 14.9. The van der Waals surface area contributed by atoms with Crippen molar-refractivity contribution in [3.05, 3.63) is 83.9 Å². The van der Waals surface area contributed by atoms with Crippen molar-refractivity contribution < 1.29 is 19.1 Å². The number of Topliss-reactive ketones (excluding diaryl/α,β-unsaturated/α-hetero) is 1. The average Bonchev–Trinajstić information content (AvgIpc) is 2.78. The lowest BCUT2D eigenvalue weighted by molar-refractivity contribution is -0.113. The molecule has 0 heterocycles. The highest BCUT2D eigenvalue weighted by atomic mass is 32.2. The summed E-state index contributed by atoms with van der Waals surface area (Å²) in [6.07, 6.45) is 0. The molecule has 2 amide bonds. The number of hydrogen-bond donors (Lipinski definition) is 2. The molecule has 0 saturated carbocycles. The number of amides is 2. The van der Waals surface area contributed by atoms with Crippen LogP contribution in [0.2, 0.25) is 0 Å². The molecule has 0 unspecified atom stereocenters. The molecule has 3 aromatic rings. The molecule has 0 spiro atoms. The molecule has 31 heavy (non-hydrogen) atoms. The Kier molecular flexibility index (Phi) is 7.45. The second-order valence-corrected chi connectivity index (χ2v) is 7.73. The predicted octanol–water partition coefficient (Wildman–Crippen LogP) is 4.88. The molecule has 3 rings (SSSR count). The maximum atomic E-state index is 12.4. The van der Waals surface area contributed by atoms with Gasteiger partial charge in [0, 0.05) is 27.4 Å². The molecule has 0 aromatic heterocycles. The molecule has 6 nitrogen and oxygen atoms in total. The van der Waals surface area contributed by atoms with E-state index in [2.05, 4.69) is 10.6 Å². The van der Waals surface area contributed by atoms with E-state index in [1.165, 1.54) is 18.7 Å². The van der Waals surface area contributed by atoms with E-state index in [1.54, 1.807) is 61.7 Å². The van der Waals surface area contributed by atoms with E-state index in [0.717, 1.165) is 4.90 Å². The van der Waals surface area contributed by atoms with Crippen LogP contribution >= 0.6 is 11.8 Å². The molecule has 0 aliphatic carbocycles. The van der Waals surface area contributed by atoms with Crippen molar-refractivity contribution in [1.29, 1.82) is 0 Å². The van der Waals surface area contributed by atoms with Crippen LogP contribution in [0, 0.1) is 0 Å². The van der Waals surface area contributed by atoms with Crippen molar-refractivity contribution in [2.24, 2.45) is 0 Å².